The Morgan fingerprint density at radius 3 is 2.35 bits per heavy atom. The van der Waals surface area contributed by atoms with Crippen LogP contribution >= 0.6 is 0 Å². The number of alkyl halides is 1. The number of Topliss-reactive ketones (excluding diaryl/α,β-unsaturated/α-hetero) is 2. The molecule has 3 aliphatic heterocycles. The monoisotopic (exact) mass is 844 g/mol. The Bertz CT molecular complexity index is 1970. The van der Waals surface area contributed by atoms with E-state index in [4.69, 9.17) is 23.7 Å². The molecule has 0 spiro atoms. The third kappa shape index (κ3) is 9.25. The second-order valence-electron chi connectivity index (χ2n) is 17.0. The summed E-state index contributed by atoms with van der Waals surface area (Å²) in [5.74, 6) is -0.998. The van der Waals surface area contributed by atoms with Crippen molar-refractivity contribution in [3.63, 3.8) is 0 Å². The highest BCUT2D eigenvalue weighted by Crippen LogP contribution is 2.43. The molecule has 3 saturated heterocycles. The highest BCUT2D eigenvalue weighted by molar-refractivity contribution is 6.08. The van der Waals surface area contributed by atoms with Crippen LogP contribution in [0.1, 0.15) is 74.7 Å². The number of hydrogen-bond acceptors (Lipinski definition) is 14. The molecule has 0 aromatic carbocycles. The summed E-state index contributed by atoms with van der Waals surface area (Å²) in [7, 11) is 4.98. The highest BCUT2D eigenvalue weighted by Gasteiger charge is 2.61. The van der Waals surface area contributed by atoms with Crippen molar-refractivity contribution >= 4 is 23.6 Å². The minimum Gasteiger partial charge on any atom is -0.455 e. The lowest BCUT2D eigenvalue weighted by molar-refractivity contribution is -0.295. The van der Waals surface area contributed by atoms with Crippen molar-refractivity contribution in [3.8, 4) is 23.2 Å². The summed E-state index contributed by atoms with van der Waals surface area (Å²) in [6, 6.07) is 2.83. The second kappa shape index (κ2) is 18.3. The Kier molecular flexibility index (Phi) is 14.2. The Hall–Kier alpha value is -4.41. The number of nitrogens with zero attached hydrogens (tertiary/aromatic N) is 6. The van der Waals surface area contributed by atoms with Gasteiger partial charge in [-0.1, -0.05) is 50.8 Å². The fourth-order valence-electron chi connectivity index (χ4n) is 8.97. The number of rotatable bonds is 8. The Morgan fingerprint density at radius 1 is 1.03 bits per heavy atom. The van der Waals surface area contributed by atoms with Gasteiger partial charge in [0, 0.05) is 30.9 Å². The molecule has 0 bridgehead atoms. The van der Waals surface area contributed by atoms with Crippen LogP contribution < -0.4 is 0 Å². The molecule has 0 saturated carbocycles. The Balaban J connectivity index is 1.49. The quantitative estimate of drug-likeness (QED) is 0.175. The number of methoxy groups -OCH3 is 1. The molecule has 330 valence electrons. The number of likely N-dealkylation sites (N-methyl/N-ethyl adjacent to an activating group) is 1. The first-order chi connectivity index (χ1) is 28.1. The number of halogens is 2. The number of pyridine rings is 1. The first-order valence-corrected chi connectivity index (χ1v) is 20.3. The minimum absolute atomic E-state index is 0.0201. The third-order valence-corrected chi connectivity index (χ3v) is 12.3. The summed E-state index contributed by atoms with van der Waals surface area (Å²) in [5, 5.41) is 19.4. The number of aromatic nitrogens is 4. The van der Waals surface area contributed by atoms with Gasteiger partial charge < -0.3 is 33.7 Å². The molecule has 0 aliphatic carbocycles. The van der Waals surface area contributed by atoms with Crippen LogP contribution in [0, 0.1) is 35.5 Å². The summed E-state index contributed by atoms with van der Waals surface area (Å²) in [6.45, 7) is 11.9. The van der Waals surface area contributed by atoms with E-state index < -0.39 is 89.1 Å². The minimum atomic E-state index is -3.22. The van der Waals surface area contributed by atoms with Gasteiger partial charge in [0.1, 0.15) is 30.2 Å². The van der Waals surface area contributed by atoms with Gasteiger partial charge in [0.05, 0.1) is 42.3 Å². The van der Waals surface area contributed by atoms with E-state index >= 15 is 4.39 Å². The van der Waals surface area contributed by atoms with Gasteiger partial charge in [0.2, 0.25) is 5.95 Å². The number of ketones is 2. The molecule has 0 radical (unpaired) electrons. The molecular weight excluding hydrogens is 786 g/mol. The molecule has 18 heteroatoms. The van der Waals surface area contributed by atoms with E-state index in [0.29, 0.717) is 12.1 Å². The van der Waals surface area contributed by atoms with E-state index in [9.17, 15) is 28.7 Å². The smallest absolute Gasteiger partial charge is 0.411 e. The number of cyclic esters (lactones) is 1. The van der Waals surface area contributed by atoms with Crippen LogP contribution in [0.2, 0.25) is 0 Å². The van der Waals surface area contributed by atoms with Crippen molar-refractivity contribution in [1.29, 1.82) is 0 Å². The van der Waals surface area contributed by atoms with Crippen LogP contribution in [0.5, 0.6) is 0 Å². The maximum Gasteiger partial charge on any atom is 0.411 e. The lowest BCUT2D eigenvalue weighted by atomic mass is 9.73. The molecule has 2 aromatic heterocycles. The lowest BCUT2D eigenvalue weighted by Gasteiger charge is -2.47. The topological polar surface area (TPSA) is 185 Å². The molecule has 3 fully saturated rings. The van der Waals surface area contributed by atoms with Crippen LogP contribution in [0.3, 0.4) is 0 Å². The zero-order valence-corrected chi connectivity index (χ0v) is 36.2. The van der Waals surface area contributed by atoms with E-state index in [1.807, 2.05) is 11.8 Å². The van der Waals surface area contributed by atoms with Crippen LogP contribution in [-0.4, -0.2) is 146 Å². The van der Waals surface area contributed by atoms with Crippen molar-refractivity contribution in [3.05, 3.63) is 30.3 Å². The van der Waals surface area contributed by atoms with E-state index in [2.05, 4.69) is 27.1 Å². The number of aliphatic hydroxyl groups excluding tert-OH is 1. The highest BCUT2D eigenvalue weighted by atomic mass is 19.1. The fourth-order valence-corrected chi connectivity index (χ4v) is 8.97. The first-order valence-electron chi connectivity index (χ1n) is 20.3. The number of carbonyl (C=O) groups excluding carboxylic acids is 4. The van der Waals surface area contributed by atoms with Crippen molar-refractivity contribution in [2.45, 2.75) is 141 Å². The molecule has 16 nitrogen and oxygen atoms in total. The van der Waals surface area contributed by atoms with E-state index in [0.717, 1.165) is 6.92 Å². The van der Waals surface area contributed by atoms with Gasteiger partial charge in [-0.15, -0.1) is 5.10 Å². The zero-order chi connectivity index (χ0) is 44.5. The van der Waals surface area contributed by atoms with Crippen LogP contribution in [-0.2, 0) is 44.6 Å². The van der Waals surface area contributed by atoms with Gasteiger partial charge in [-0.05, 0) is 73.2 Å². The molecular formula is C42H58F2N6O10. The number of amides is 1. The Morgan fingerprint density at radius 2 is 1.72 bits per heavy atom. The number of fused-ring (bicyclic) bond motifs is 1. The molecule has 5 heterocycles. The molecule has 1 amide bonds. The van der Waals surface area contributed by atoms with Gasteiger partial charge >= 0.3 is 12.1 Å². The molecule has 1 N–H and O–H groups in total. The summed E-state index contributed by atoms with van der Waals surface area (Å²) in [6.07, 6.45) is -4.34. The van der Waals surface area contributed by atoms with Crippen molar-refractivity contribution in [2.75, 3.05) is 27.7 Å². The number of carbonyl (C=O) groups is 4. The van der Waals surface area contributed by atoms with Gasteiger partial charge in [-0.2, -0.15) is 4.39 Å². The SMILES string of the molecule is CC[C@H]1OC(=O)[C@@](C)(F)C(=O)[C@H](C)[C@@H](O[C@@H]2OC(C)CC(N(C)C)C2O)[C@](C)(OC)C[C@@H](C)C(=O)[C@H](C)[C@H]2N(CC#CCn3cc(-c4cccc(F)n4)nn3)C(=O)O[C@]12C. The molecule has 5 rings (SSSR count). The fraction of sp³-hybridized carbons (Fsp3) is 0.690. The Labute approximate surface area is 349 Å². The average molecular weight is 845 g/mol. The molecule has 60 heavy (non-hydrogen) atoms. The van der Waals surface area contributed by atoms with Crippen molar-refractivity contribution in [2.24, 2.45) is 17.8 Å². The molecule has 13 atom stereocenters. The number of aliphatic hydroxyl groups is 1. The number of esters is 1. The summed E-state index contributed by atoms with van der Waals surface area (Å²) < 4.78 is 62.3. The number of ether oxygens (including phenoxy) is 5. The molecule has 3 unspecified atom stereocenters. The van der Waals surface area contributed by atoms with Crippen LogP contribution in [0.25, 0.3) is 11.4 Å². The largest absolute Gasteiger partial charge is 0.455 e. The third-order valence-electron chi connectivity index (χ3n) is 12.3. The van der Waals surface area contributed by atoms with E-state index in [1.165, 1.54) is 48.9 Å². The van der Waals surface area contributed by atoms with Gasteiger partial charge in [0.25, 0.3) is 5.67 Å². The van der Waals surface area contributed by atoms with Crippen molar-refractivity contribution in [1.82, 2.24) is 29.8 Å². The average Bonchev–Trinajstić information content (AvgIpc) is 3.78. The zero-order valence-electron chi connectivity index (χ0n) is 36.2. The normalized spacial score (nSPS) is 36.9. The van der Waals surface area contributed by atoms with Gasteiger partial charge in [-0.3, -0.25) is 14.5 Å². The standard InChI is InChI=1S/C42H58F2N6O10/c1-12-30-42(8)34(50(39(55)60-42)19-14-13-18-49-22-28(46-47-49)27-16-15-17-31(43)45-27)25(4)32(51)23(2)21-40(6,56-11)36(26(5)35(53)41(7,44)38(54)58-30)59-37-33(52)29(48(9)10)20-24(3)57-37/h15-17,22-26,29-30,33-34,36-37,52H,12,18-21H2,1-11H3/t23-,24?,25+,26+,29?,30-,33?,34-,36-,37+,40-,41+,42-/m1/s1. The summed E-state index contributed by atoms with van der Waals surface area (Å²) >= 11 is 0. The molecule has 2 aromatic rings. The summed E-state index contributed by atoms with van der Waals surface area (Å²) in [4.78, 5) is 63.4. The van der Waals surface area contributed by atoms with Crippen molar-refractivity contribution < 1.29 is 56.7 Å². The van der Waals surface area contributed by atoms with E-state index in [-0.39, 0.29) is 49.6 Å². The predicted octanol–water partition coefficient (Wildman–Crippen LogP) is 3.78. The lowest BCUT2D eigenvalue weighted by Crippen LogP contribution is -2.61. The number of hydrogen-bond donors (Lipinski definition) is 1. The first kappa shape index (κ1) is 46.7. The maximum atomic E-state index is 16.9. The van der Waals surface area contributed by atoms with E-state index in [1.54, 1.807) is 47.9 Å². The second-order valence-corrected chi connectivity index (χ2v) is 17.0. The molecule has 3 aliphatic rings. The van der Waals surface area contributed by atoms with Gasteiger partial charge in [-0.25, -0.2) is 23.6 Å². The van der Waals surface area contributed by atoms with Crippen LogP contribution in [0.4, 0.5) is 13.6 Å². The van der Waals surface area contributed by atoms with Crippen LogP contribution in [0.15, 0.2) is 24.4 Å². The summed E-state index contributed by atoms with van der Waals surface area (Å²) in [5.41, 5.74) is -5.81. The maximum absolute atomic E-state index is 16.9. The predicted molar refractivity (Wildman–Crippen MR) is 211 cm³/mol. The van der Waals surface area contributed by atoms with Gasteiger partial charge in [0.15, 0.2) is 17.7 Å².